The van der Waals surface area contributed by atoms with Gasteiger partial charge in [0, 0.05) is 15.6 Å². The Morgan fingerprint density at radius 1 is 1.16 bits per heavy atom. The molecule has 0 spiro atoms. The van der Waals surface area contributed by atoms with E-state index in [0.717, 1.165) is 15.8 Å². The van der Waals surface area contributed by atoms with E-state index in [9.17, 15) is 4.39 Å². The van der Waals surface area contributed by atoms with Crippen molar-refractivity contribution in [3.8, 4) is 5.75 Å². The van der Waals surface area contributed by atoms with E-state index in [1.165, 1.54) is 6.07 Å². The van der Waals surface area contributed by atoms with Gasteiger partial charge in [0.25, 0.3) is 0 Å². The van der Waals surface area contributed by atoms with Crippen LogP contribution in [0.2, 0.25) is 0 Å². The van der Waals surface area contributed by atoms with Crippen LogP contribution in [-0.4, -0.2) is 14.2 Å². The SMILES string of the molecule is CNC(c1ccccc1F)c1cc(Br)ccc1OC. The molecule has 2 rings (SSSR count). The number of nitrogens with one attached hydrogen (secondary N) is 1. The van der Waals surface area contributed by atoms with Gasteiger partial charge in [0.1, 0.15) is 11.6 Å². The largest absolute Gasteiger partial charge is 0.496 e. The Balaban J connectivity index is 2.54. The van der Waals surface area contributed by atoms with E-state index >= 15 is 0 Å². The van der Waals surface area contributed by atoms with Crippen LogP contribution in [0.15, 0.2) is 46.9 Å². The predicted molar refractivity (Wildman–Crippen MR) is 78.0 cm³/mol. The molecule has 1 unspecified atom stereocenters. The molecule has 0 aliphatic carbocycles. The highest BCUT2D eigenvalue weighted by Crippen LogP contribution is 2.33. The predicted octanol–water partition coefficient (Wildman–Crippen LogP) is 3.91. The Labute approximate surface area is 120 Å². The fourth-order valence-corrected chi connectivity index (χ4v) is 2.50. The highest BCUT2D eigenvalue weighted by atomic mass is 79.9. The molecule has 2 aromatic rings. The van der Waals surface area contributed by atoms with Gasteiger partial charge in [-0.05, 0) is 31.3 Å². The van der Waals surface area contributed by atoms with Gasteiger partial charge in [0.15, 0.2) is 0 Å². The summed E-state index contributed by atoms with van der Waals surface area (Å²) in [5.41, 5.74) is 1.49. The molecule has 0 aromatic heterocycles. The average Bonchev–Trinajstić information content (AvgIpc) is 2.42. The number of rotatable bonds is 4. The Kier molecular flexibility index (Phi) is 4.56. The van der Waals surface area contributed by atoms with Crippen LogP contribution in [0.5, 0.6) is 5.75 Å². The van der Waals surface area contributed by atoms with Crippen molar-refractivity contribution in [3.05, 3.63) is 63.9 Å². The van der Waals surface area contributed by atoms with Gasteiger partial charge in [-0.3, -0.25) is 0 Å². The van der Waals surface area contributed by atoms with Crippen molar-refractivity contribution in [1.82, 2.24) is 5.32 Å². The van der Waals surface area contributed by atoms with E-state index in [1.54, 1.807) is 26.3 Å². The third kappa shape index (κ3) is 2.96. The van der Waals surface area contributed by atoms with Crippen molar-refractivity contribution in [3.63, 3.8) is 0 Å². The van der Waals surface area contributed by atoms with E-state index in [4.69, 9.17) is 4.74 Å². The second-order valence-corrected chi connectivity index (χ2v) is 5.05. The van der Waals surface area contributed by atoms with Gasteiger partial charge in [-0.1, -0.05) is 34.1 Å². The lowest BCUT2D eigenvalue weighted by Gasteiger charge is -2.20. The Morgan fingerprint density at radius 3 is 2.53 bits per heavy atom. The van der Waals surface area contributed by atoms with E-state index in [1.807, 2.05) is 24.3 Å². The van der Waals surface area contributed by atoms with Crippen LogP contribution in [0.25, 0.3) is 0 Å². The molecular weight excluding hydrogens is 309 g/mol. The summed E-state index contributed by atoms with van der Waals surface area (Å²) in [5.74, 6) is 0.495. The second-order valence-electron chi connectivity index (χ2n) is 4.13. The maximum Gasteiger partial charge on any atom is 0.128 e. The van der Waals surface area contributed by atoms with Gasteiger partial charge in [0.05, 0.1) is 13.2 Å². The Morgan fingerprint density at radius 2 is 1.89 bits per heavy atom. The number of benzene rings is 2. The zero-order chi connectivity index (χ0) is 13.8. The fraction of sp³-hybridized carbons (Fsp3) is 0.200. The summed E-state index contributed by atoms with van der Waals surface area (Å²) in [6.07, 6.45) is 0. The molecule has 0 radical (unpaired) electrons. The Hall–Kier alpha value is -1.39. The van der Waals surface area contributed by atoms with Gasteiger partial charge < -0.3 is 10.1 Å². The number of methoxy groups -OCH3 is 1. The summed E-state index contributed by atoms with van der Waals surface area (Å²) in [5, 5.41) is 3.14. The first-order valence-electron chi connectivity index (χ1n) is 5.92. The summed E-state index contributed by atoms with van der Waals surface area (Å²) in [7, 11) is 3.41. The van der Waals surface area contributed by atoms with Crippen LogP contribution < -0.4 is 10.1 Å². The minimum atomic E-state index is -0.256. The molecular formula is C15H15BrFNO. The molecule has 2 nitrogen and oxygen atoms in total. The number of hydrogen-bond acceptors (Lipinski definition) is 2. The van der Waals surface area contributed by atoms with Crippen LogP contribution in [-0.2, 0) is 0 Å². The molecule has 0 amide bonds. The summed E-state index contributed by atoms with van der Waals surface area (Å²) in [6, 6.07) is 12.2. The standard InChI is InChI=1S/C15H15BrFNO/c1-18-15(11-5-3-4-6-13(11)17)12-9-10(16)7-8-14(12)19-2/h3-9,15,18H,1-2H3. The Bertz CT molecular complexity index is 574. The lowest BCUT2D eigenvalue weighted by Crippen LogP contribution is -2.19. The molecule has 19 heavy (non-hydrogen) atoms. The highest BCUT2D eigenvalue weighted by Gasteiger charge is 2.19. The van der Waals surface area contributed by atoms with Gasteiger partial charge in [-0.25, -0.2) is 4.39 Å². The van der Waals surface area contributed by atoms with Crippen molar-refractivity contribution in [2.24, 2.45) is 0 Å². The van der Waals surface area contributed by atoms with Crippen LogP contribution in [0.1, 0.15) is 17.2 Å². The third-order valence-electron chi connectivity index (χ3n) is 3.01. The van der Waals surface area contributed by atoms with Crippen LogP contribution in [0.3, 0.4) is 0 Å². The van der Waals surface area contributed by atoms with E-state index in [-0.39, 0.29) is 11.9 Å². The first-order chi connectivity index (χ1) is 9.17. The van der Waals surface area contributed by atoms with Crippen molar-refractivity contribution in [2.45, 2.75) is 6.04 Å². The molecule has 0 heterocycles. The molecule has 0 saturated heterocycles. The lowest BCUT2D eigenvalue weighted by molar-refractivity contribution is 0.404. The van der Waals surface area contributed by atoms with Crippen molar-refractivity contribution < 1.29 is 9.13 Å². The van der Waals surface area contributed by atoms with E-state index < -0.39 is 0 Å². The summed E-state index contributed by atoms with van der Waals surface area (Å²) in [6.45, 7) is 0. The maximum atomic E-state index is 14.0. The molecule has 0 aliphatic rings. The zero-order valence-corrected chi connectivity index (χ0v) is 12.4. The second kappa shape index (κ2) is 6.17. The van der Waals surface area contributed by atoms with Crippen molar-refractivity contribution >= 4 is 15.9 Å². The quantitative estimate of drug-likeness (QED) is 0.921. The molecule has 0 fully saturated rings. The topological polar surface area (TPSA) is 21.3 Å². The molecule has 0 aliphatic heterocycles. The molecule has 100 valence electrons. The smallest absolute Gasteiger partial charge is 0.128 e. The lowest BCUT2D eigenvalue weighted by atomic mass is 9.97. The number of halogens is 2. The van der Waals surface area contributed by atoms with Crippen molar-refractivity contribution in [2.75, 3.05) is 14.2 Å². The molecule has 1 N–H and O–H groups in total. The van der Waals surface area contributed by atoms with Crippen LogP contribution in [0.4, 0.5) is 4.39 Å². The van der Waals surface area contributed by atoms with Gasteiger partial charge in [-0.15, -0.1) is 0 Å². The highest BCUT2D eigenvalue weighted by molar-refractivity contribution is 9.10. The number of hydrogen-bond donors (Lipinski definition) is 1. The van der Waals surface area contributed by atoms with E-state index in [0.29, 0.717) is 5.56 Å². The summed E-state index contributed by atoms with van der Waals surface area (Å²) in [4.78, 5) is 0. The van der Waals surface area contributed by atoms with Crippen LogP contribution in [0, 0.1) is 5.82 Å². The summed E-state index contributed by atoms with van der Waals surface area (Å²) >= 11 is 3.44. The zero-order valence-electron chi connectivity index (χ0n) is 10.8. The minimum Gasteiger partial charge on any atom is -0.496 e. The normalized spacial score (nSPS) is 12.2. The van der Waals surface area contributed by atoms with Gasteiger partial charge in [-0.2, -0.15) is 0 Å². The fourth-order valence-electron chi connectivity index (χ4n) is 2.12. The molecule has 1 atom stereocenters. The monoisotopic (exact) mass is 323 g/mol. The van der Waals surface area contributed by atoms with Gasteiger partial charge >= 0.3 is 0 Å². The van der Waals surface area contributed by atoms with Gasteiger partial charge in [0.2, 0.25) is 0 Å². The molecule has 2 aromatic carbocycles. The first kappa shape index (κ1) is 14.0. The molecule has 4 heteroatoms. The average molecular weight is 324 g/mol. The van der Waals surface area contributed by atoms with E-state index in [2.05, 4.69) is 21.2 Å². The third-order valence-corrected chi connectivity index (χ3v) is 3.50. The molecule has 0 bridgehead atoms. The first-order valence-corrected chi connectivity index (χ1v) is 6.71. The molecule has 0 saturated carbocycles. The maximum absolute atomic E-state index is 14.0. The summed E-state index contributed by atoms with van der Waals surface area (Å²) < 4.78 is 20.2. The van der Waals surface area contributed by atoms with Crippen LogP contribution >= 0.6 is 15.9 Å². The number of ether oxygens (including phenoxy) is 1. The minimum absolute atomic E-state index is 0.233. The van der Waals surface area contributed by atoms with Crippen molar-refractivity contribution in [1.29, 1.82) is 0 Å².